The molecule has 0 saturated heterocycles. The number of carbonyl (C=O) groups excluding carboxylic acids is 4. The van der Waals surface area contributed by atoms with E-state index >= 15 is 0 Å². The van der Waals surface area contributed by atoms with E-state index in [9.17, 15) is 43.2 Å². The zero-order valence-corrected chi connectivity index (χ0v) is 54.0. The summed E-state index contributed by atoms with van der Waals surface area (Å²) < 4.78 is 67.8. The third-order valence-electron chi connectivity index (χ3n) is 14.1. The Morgan fingerprint density at radius 3 is 0.840 bits per heavy atom. The highest BCUT2D eigenvalue weighted by atomic mass is 31.2. The lowest BCUT2D eigenvalue weighted by Gasteiger charge is -2.21. The van der Waals surface area contributed by atoms with Crippen LogP contribution < -0.4 is 0 Å². The maximum Gasteiger partial charge on any atom is 0.472 e. The first-order chi connectivity index (χ1) is 38.7. The van der Waals surface area contributed by atoms with Crippen molar-refractivity contribution in [1.29, 1.82) is 0 Å². The van der Waals surface area contributed by atoms with E-state index in [-0.39, 0.29) is 25.7 Å². The largest absolute Gasteiger partial charge is 0.472 e. The summed E-state index contributed by atoms with van der Waals surface area (Å²) in [6, 6.07) is 0. The second kappa shape index (κ2) is 53.5. The van der Waals surface area contributed by atoms with E-state index in [1.807, 2.05) is 0 Å². The predicted molar refractivity (Wildman–Crippen MR) is 321 cm³/mol. The van der Waals surface area contributed by atoms with Gasteiger partial charge in [-0.3, -0.25) is 37.3 Å². The minimum absolute atomic E-state index is 0.101. The number of hydrogen-bond acceptors (Lipinski definition) is 15. The van der Waals surface area contributed by atoms with E-state index in [1.54, 1.807) is 0 Å². The van der Waals surface area contributed by atoms with Gasteiger partial charge in [0.15, 0.2) is 12.2 Å². The molecule has 0 bridgehead atoms. The summed E-state index contributed by atoms with van der Waals surface area (Å²) in [6.07, 6.45) is 33.8. The summed E-state index contributed by atoms with van der Waals surface area (Å²) in [7, 11) is -9.88. The van der Waals surface area contributed by atoms with Crippen molar-refractivity contribution in [2.24, 2.45) is 17.8 Å². The number of aliphatic hydroxyl groups excluding tert-OH is 1. The zero-order valence-electron chi connectivity index (χ0n) is 52.2. The third kappa shape index (κ3) is 56.9. The molecule has 0 heterocycles. The van der Waals surface area contributed by atoms with Crippen LogP contribution in [0.4, 0.5) is 0 Å². The van der Waals surface area contributed by atoms with Crippen molar-refractivity contribution in [3.63, 3.8) is 0 Å². The van der Waals surface area contributed by atoms with Gasteiger partial charge in [0, 0.05) is 25.7 Å². The number of phosphoric acid groups is 2. The van der Waals surface area contributed by atoms with Crippen LogP contribution in [0.25, 0.3) is 0 Å². The van der Waals surface area contributed by atoms with Crippen LogP contribution in [0.2, 0.25) is 0 Å². The molecule has 0 aromatic rings. The number of hydrogen-bond donors (Lipinski definition) is 3. The molecule has 0 rings (SSSR count). The van der Waals surface area contributed by atoms with Gasteiger partial charge in [0.25, 0.3) is 0 Å². The first-order valence-corrected chi connectivity index (χ1v) is 35.3. The lowest BCUT2D eigenvalue weighted by molar-refractivity contribution is -0.161. The first-order valence-electron chi connectivity index (χ1n) is 32.3. The average molecular weight is 1200 g/mol. The van der Waals surface area contributed by atoms with Crippen LogP contribution in [0.5, 0.6) is 0 Å². The number of carbonyl (C=O) groups is 4. The molecule has 3 N–H and O–H groups in total. The molecule has 0 spiro atoms. The summed E-state index contributed by atoms with van der Waals surface area (Å²) in [5.41, 5.74) is 0. The number of unbranched alkanes of at least 4 members (excludes halogenated alkanes) is 28. The van der Waals surface area contributed by atoms with Gasteiger partial charge in [-0.2, -0.15) is 0 Å². The smallest absolute Gasteiger partial charge is 0.462 e. The van der Waals surface area contributed by atoms with Crippen LogP contribution in [-0.4, -0.2) is 96.7 Å². The fourth-order valence-electron chi connectivity index (χ4n) is 9.13. The molecule has 19 heteroatoms. The SMILES string of the molecule is CCCCCCCCCCCCCCC(=O)O[C@H](COC(=O)CCCCCCCCCCC(C)C)COP(=O)(O)OC[C@@H](O)COP(=O)(O)OC[C@@H](COC(=O)CCCCCCCCC(C)C)OC(=O)CCCCCCCCC(C)C. The van der Waals surface area contributed by atoms with Crippen molar-refractivity contribution in [2.75, 3.05) is 39.6 Å². The fraction of sp³-hybridized carbons (Fsp3) is 0.935. The standard InChI is InChI=1S/C62H120O17P2/c1-8-9-10-11-12-13-14-15-16-21-31-38-45-61(66)78-57(49-72-59(64)43-36-29-20-18-17-19-26-33-40-53(2)3)51-76-80(68,69)74-47-56(63)48-75-81(70,71)77-52-58(79-62(67)46-39-32-25-23-28-35-42-55(6)7)50-73-60(65)44-37-30-24-22-27-34-41-54(4)5/h53-58,63H,8-52H2,1-7H3,(H,68,69)(H,70,71)/t56-,57-,58-/m1/s1. The Morgan fingerprint density at radius 1 is 0.333 bits per heavy atom. The molecular weight excluding hydrogens is 1080 g/mol. The van der Waals surface area contributed by atoms with E-state index in [1.165, 1.54) is 103 Å². The van der Waals surface area contributed by atoms with Gasteiger partial charge < -0.3 is 33.8 Å². The molecule has 17 nitrogen and oxygen atoms in total. The molecule has 0 aromatic carbocycles. The summed E-state index contributed by atoms with van der Waals surface area (Å²) in [5, 5.41) is 10.5. The number of phosphoric ester groups is 2. The Hall–Kier alpha value is -1.94. The minimum atomic E-state index is -4.94. The molecular formula is C62H120O17P2. The number of ether oxygens (including phenoxy) is 4. The number of aliphatic hydroxyl groups is 1. The van der Waals surface area contributed by atoms with E-state index < -0.39 is 97.5 Å². The monoisotopic (exact) mass is 1200 g/mol. The number of esters is 4. The van der Waals surface area contributed by atoms with Crippen molar-refractivity contribution in [3.05, 3.63) is 0 Å². The molecule has 0 radical (unpaired) electrons. The van der Waals surface area contributed by atoms with Crippen molar-refractivity contribution < 1.29 is 80.2 Å². The summed E-state index contributed by atoms with van der Waals surface area (Å²) in [5.74, 6) is -0.0685. The summed E-state index contributed by atoms with van der Waals surface area (Å²) in [4.78, 5) is 72.0. The molecule has 0 fully saturated rings. The molecule has 2 unspecified atom stereocenters. The number of rotatable bonds is 60. The lowest BCUT2D eigenvalue weighted by Crippen LogP contribution is -2.30. The Labute approximate surface area is 492 Å². The molecule has 480 valence electrons. The van der Waals surface area contributed by atoms with Gasteiger partial charge in [0.1, 0.15) is 19.3 Å². The van der Waals surface area contributed by atoms with Crippen LogP contribution in [0.3, 0.4) is 0 Å². The van der Waals surface area contributed by atoms with Crippen molar-refractivity contribution in [2.45, 2.75) is 317 Å². The first kappa shape index (κ1) is 79.1. The molecule has 0 saturated carbocycles. The van der Waals surface area contributed by atoms with Crippen molar-refractivity contribution in [1.82, 2.24) is 0 Å². The van der Waals surface area contributed by atoms with Gasteiger partial charge in [-0.15, -0.1) is 0 Å². The fourth-order valence-corrected chi connectivity index (χ4v) is 10.7. The molecule has 0 aromatic heterocycles. The van der Waals surface area contributed by atoms with Crippen molar-refractivity contribution in [3.8, 4) is 0 Å². The molecule has 0 aliphatic carbocycles. The Kier molecular flexibility index (Phi) is 52.2. The quantitative estimate of drug-likeness (QED) is 0.0222. The molecule has 81 heavy (non-hydrogen) atoms. The van der Waals surface area contributed by atoms with E-state index in [4.69, 9.17) is 37.0 Å². The third-order valence-corrected chi connectivity index (χ3v) is 16.0. The zero-order chi connectivity index (χ0) is 60.3. The second-order valence-electron chi connectivity index (χ2n) is 23.9. The molecule has 5 atom stereocenters. The van der Waals surface area contributed by atoms with Crippen LogP contribution in [-0.2, 0) is 65.4 Å². The maximum atomic E-state index is 13.0. The summed E-state index contributed by atoms with van der Waals surface area (Å²) in [6.45, 7) is 11.6. The van der Waals surface area contributed by atoms with E-state index in [2.05, 4.69) is 48.5 Å². The van der Waals surface area contributed by atoms with Gasteiger partial charge in [-0.1, -0.05) is 248 Å². The Morgan fingerprint density at radius 2 is 0.568 bits per heavy atom. The molecule has 0 aliphatic rings. The topological polar surface area (TPSA) is 237 Å². The minimum Gasteiger partial charge on any atom is -0.462 e. The highest BCUT2D eigenvalue weighted by Gasteiger charge is 2.30. The van der Waals surface area contributed by atoms with Crippen LogP contribution in [0.1, 0.15) is 299 Å². The predicted octanol–water partition coefficient (Wildman–Crippen LogP) is 16.7. The highest BCUT2D eigenvalue weighted by molar-refractivity contribution is 7.47. The van der Waals surface area contributed by atoms with E-state index in [0.29, 0.717) is 37.5 Å². The van der Waals surface area contributed by atoms with Gasteiger partial charge in [-0.25, -0.2) is 9.13 Å². The van der Waals surface area contributed by atoms with Gasteiger partial charge >= 0.3 is 39.5 Å². The lowest BCUT2D eigenvalue weighted by atomic mass is 10.0. The molecule has 0 aliphatic heterocycles. The Balaban J connectivity index is 5.24. The average Bonchev–Trinajstić information content (AvgIpc) is 3.41. The second-order valence-corrected chi connectivity index (χ2v) is 26.8. The van der Waals surface area contributed by atoms with Crippen molar-refractivity contribution >= 4 is 39.5 Å². The van der Waals surface area contributed by atoms with Crippen LogP contribution in [0, 0.1) is 17.8 Å². The molecule has 0 amide bonds. The normalized spacial score (nSPS) is 14.4. The Bertz CT molecular complexity index is 1610. The highest BCUT2D eigenvalue weighted by Crippen LogP contribution is 2.45. The summed E-state index contributed by atoms with van der Waals surface area (Å²) >= 11 is 0. The van der Waals surface area contributed by atoms with E-state index in [0.717, 1.165) is 102 Å². The maximum absolute atomic E-state index is 13.0. The van der Waals surface area contributed by atoms with Gasteiger partial charge in [0.05, 0.1) is 26.4 Å². The van der Waals surface area contributed by atoms with Gasteiger partial charge in [0.2, 0.25) is 0 Å². The van der Waals surface area contributed by atoms with Gasteiger partial charge in [-0.05, 0) is 43.4 Å². The van der Waals surface area contributed by atoms with Crippen LogP contribution >= 0.6 is 15.6 Å². The van der Waals surface area contributed by atoms with Crippen LogP contribution in [0.15, 0.2) is 0 Å².